The number of likely N-dealkylation sites (tertiary alicyclic amines) is 1. The van der Waals surface area contributed by atoms with Crippen LogP contribution < -0.4 is 4.90 Å². The summed E-state index contributed by atoms with van der Waals surface area (Å²) in [6.45, 7) is 5.26. The zero-order valence-corrected chi connectivity index (χ0v) is 14.4. The predicted molar refractivity (Wildman–Crippen MR) is 87.5 cm³/mol. The molecular weight excluding hydrogens is 314 g/mol. The minimum atomic E-state index is 0.0272. The van der Waals surface area contributed by atoms with E-state index in [1.165, 1.54) is 11.3 Å². The van der Waals surface area contributed by atoms with Crippen molar-refractivity contribution in [1.29, 1.82) is 0 Å². The maximum atomic E-state index is 12.5. The van der Waals surface area contributed by atoms with E-state index in [0.29, 0.717) is 23.4 Å². The molecular formula is C15H21N5O2S. The largest absolute Gasteiger partial charge is 0.339 e. The summed E-state index contributed by atoms with van der Waals surface area (Å²) >= 11 is 1.46. The number of carbonyl (C=O) groups excluding carboxylic acids is 1. The lowest BCUT2D eigenvalue weighted by atomic mass is 10.2. The fourth-order valence-corrected chi connectivity index (χ4v) is 3.32. The highest BCUT2D eigenvalue weighted by atomic mass is 32.1. The van der Waals surface area contributed by atoms with Crippen molar-refractivity contribution in [3.8, 4) is 0 Å². The Hall–Kier alpha value is -1.80. The fraction of sp³-hybridized carbons (Fsp3) is 0.600. The monoisotopic (exact) mass is 335 g/mol. The molecule has 2 aromatic heterocycles. The first-order valence-corrected chi connectivity index (χ1v) is 8.68. The third kappa shape index (κ3) is 3.42. The number of amides is 1. The van der Waals surface area contributed by atoms with Gasteiger partial charge in [-0.1, -0.05) is 19.0 Å². The Bertz CT molecular complexity index is 655. The van der Waals surface area contributed by atoms with Crippen molar-refractivity contribution in [1.82, 2.24) is 20.0 Å². The van der Waals surface area contributed by atoms with E-state index in [4.69, 9.17) is 4.52 Å². The van der Waals surface area contributed by atoms with Gasteiger partial charge in [0.1, 0.15) is 0 Å². The van der Waals surface area contributed by atoms with E-state index < -0.39 is 0 Å². The van der Waals surface area contributed by atoms with Gasteiger partial charge in [-0.2, -0.15) is 4.98 Å². The Labute approximate surface area is 139 Å². The standard InChI is InChI=1S/C15H21N5O2S/c1-10(2)14-17-13(18-22-14)11-5-4-7-20(11)9-12(21)19(3)15-16-6-8-23-15/h6,8,10-11H,4-5,7,9H2,1-3H3/t11-/m0/s1. The molecule has 8 heteroatoms. The first-order chi connectivity index (χ1) is 11.1. The second kappa shape index (κ2) is 6.76. The van der Waals surface area contributed by atoms with Gasteiger partial charge < -0.3 is 4.52 Å². The molecule has 3 rings (SSSR count). The summed E-state index contributed by atoms with van der Waals surface area (Å²) in [6, 6.07) is 0.0555. The van der Waals surface area contributed by atoms with E-state index >= 15 is 0 Å². The third-order valence-electron chi connectivity index (χ3n) is 4.03. The maximum absolute atomic E-state index is 12.5. The average molecular weight is 335 g/mol. The minimum Gasteiger partial charge on any atom is -0.339 e. The summed E-state index contributed by atoms with van der Waals surface area (Å²) < 4.78 is 5.31. The number of nitrogens with zero attached hydrogens (tertiary/aromatic N) is 5. The molecule has 124 valence electrons. The Morgan fingerprint density at radius 1 is 1.57 bits per heavy atom. The highest BCUT2D eigenvalue weighted by molar-refractivity contribution is 7.13. The molecule has 1 atom stereocenters. The van der Waals surface area contributed by atoms with Gasteiger partial charge in [-0.15, -0.1) is 11.3 Å². The Morgan fingerprint density at radius 3 is 3.04 bits per heavy atom. The van der Waals surface area contributed by atoms with E-state index in [-0.39, 0.29) is 17.9 Å². The number of carbonyl (C=O) groups is 1. The van der Waals surface area contributed by atoms with E-state index in [2.05, 4.69) is 20.0 Å². The molecule has 0 aliphatic carbocycles. The summed E-state index contributed by atoms with van der Waals surface area (Å²) in [6.07, 6.45) is 3.69. The van der Waals surface area contributed by atoms with Crippen molar-refractivity contribution in [2.24, 2.45) is 0 Å². The number of anilines is 1. The van der Waals surface area contributed by atoms with Crippen LogP contribution >= 0.6 is 11.3 Å². The Balaban J connectivity index is 1.68. The van der Waals surface area contributed by atoms with Gasteiger partial charge >= 0.3 is 0 Å². The number of thiazole rings is 1. The number of hydrogen-bond acceptors (Lipinski definition) is 7. The lowest BCUT2D eigenvalue weighted by molar-refractivity contribution is -0.119. The molecule has 0 aromatic carbocycles. The van der Waals surface area contributed by atoms with Crippen LogP contribution in [0.5, 0.6) is 0 Å². The minimum absolute atomic E-state index is 0.0272. The smallest absolute Gasteiger partial charge is 0.242 e. The summed E-state index contributed by atoms with van der Waals surface area (Å²) in [5.74, 6) is 1.58. The molecule has 1 amide bonds. The lowest BCUT2D eigenvalue weighted by Crippen LogP contribution is -2.38. The molecule has 1 aliphatic heterocycles. The molecule has 2 aromatic rings. The van der Waals surface area contributed by atoms with Crippen molar-refractivity contribution in [3.63, 3.8) is 0 Å². The van der Waals surface area contributed by atoms with E-state index in [1.807, 2.05) is 19.2 Å². The molecule has 7 nitrogen and oxygen atoms in total. The number of rotatable bonds is 5. The average Bonchev–Trinajstić information content (AvgIpc) is 3.26. The number of aromatic nitrogens is 3. The van der Waals surface area contributed by atoms with Gasteiger partial charge in [-0.25, -0.2) is 4.98 Å². The molecule has 23 heavy (non-hydrogen) atoms. The van der Waals surface area contributed by atoms with E-state index in [1.54, 1.807) is 18.1 Å². The van der Waals surface area contributed by atoms with Crippen molar-refractivity contribution < 1.29 is 9.32 Å². The molecule has 0 N–H and O–H groups in total. The summed E-state index contributed by atoms with van der Waals surface area (Å²) in [7, 11) is 1.76. The van der Waals surface area contributed by atoms with Crippen molar-refractivity contribution in [3.05, 3.63) is 23.3 Å². The Morgan fingerprint density at radius 2 is 2.39 bits per heavy atom. The number of likely N-dealkylation sites (N-methyl/N-ethyl adjacent to an activating group) is 1. The first-order valence-electron chi connectivity index (χ1n) is 7.80. The molecule has 3 heterocycles. The summed E-state index contributed by atoms with van der Waals surface area (Å²) in [5.41, 5.74) is 0. The molecule has 1 aliphatic rings. The van der Waals surface area contributed by atoms with Gasteiger partial charge in [0, 0.05) is 24.5 Å². The predicted octanol–water partition coefficient (Wildman–Crippen LogP) is 2.45. The maximum Gasteiger partial charge on any atom is 0.242 e. The number of hydrogen-bond donors (Lipinski definition) is 0. The van der Waals surface area contributed by atoms with Crippen LogP contribution in [0, 0.1) is 0 Å². The van der Waals surface area contributed by atoms with Crippen LogP contribution in [-0.4, -0.2) is 46.1 Å². The van der Waals surface area contributed by atoms with E-state index in [0.717, 1.165) is 19.4 Å². The lowest BCUT2D eigenvalue weighted by Gasteiger charge is -2.23. The first kappa shape index (κ1) is 16.1. The van der Waals surface area contributed by atoms with Crippen LogP contribution in [0.3, 0.4) is 0 Å². The second-order valence-corrected chi connectivity index (χ2v) is 6.91. The van der Waals surface area contributed by atoms with Gasteiger partial charge in [0.05, 0.1) is 12.6 Å². The topological polar surface area (TPSA) is 75.4 Å². The van der Waals surface area contributed by atoms with Crippen LogP contribution in [0.1, 0.15) is 50.4 Å². The summed E-state index contributed by atoms with van der Waals surface area (Å²) in [4.78, 5) is 24.9. The van der Waals surface area contributed by atoms with Gasteiger partial charge in [0.25, 0.3) is 0 Å². The molecule has 1 saturated heterocycles. The van der Waals surface area contributed by atoms with Crippen molar-refractivity contribution in [2.75, 3.05) is 25.0 Å². The highest BCUT2D eigenvalue weighted by Gasteiger charge is 2.32. The van der Waals surface area contributed by atoms with Crippen LogP contribution in [0.2, 0.25) is 0 Å². The molecule has 1 fully saturated rings. The zero-order chi connectivity index (χ0) is 16.4. The van der Waals surface area contributed by atoms with Crippen molar-refractivity contribution in [2.45, 2.75) is 38.6 Å². The second-order valence-electron chi connectivity index (χ2n) is 6.04. The van der Waals surface area contributed by atoms with Gasteiger partial charge in [0.2, 0.25) is 11.8 Å². The SMILES string of the molecule is CC(C)c1nc([C@@H]2CCCN2CC(=O)N(C)c2nccs2)no1. The zero-order valence-electron chi connectivity index (χ0n) is 13.6. The van der Waals surface area contributed by atoms with Gasteiger partial charge in [0.15, 0.2) is 11.0 Å². The normalized spacial score (nSPS) is 18.7. The quantitative estimate of drug-likeness (QED) is 0.835. The fourth-order valence-electron chi connectivity index (χ4n) is 2.69. The molecule has 0 bridgehead atoms. The molecule has 0 saturated carbocycles. The summed E-state index contributed by atoms with van der Waals surface area (Å²) in [5, 5.41) is 6.69. The van der Waals surface area contributed by atoms with Crippen LogP contribution in [0.4, 0.5) is 5.13 Å². The van der Waals surface area contributed by atoms with Crippen LogP contribution in [-0.2, 0) is 4.79 Å². The Kier molecular flexibility index (Phi) is 4.72. The highest BCUT2D eigenvalue weighted by Crippen LogP contribution is 2.31. The molecule has 0 radical (unpaired) electrons. The third-order valence-corrected chi connectivity index (χ3v) is 4.88. The van der Waals surface area contributed by atoms with Crippen molar-refractivity contribution >= 4 is 22.4 Å². The van der Waals surface area contributed by atoms with Gasteiger partial charge in [-0.3, -0.25) is 14.6 Å². The van der Waals surface area contributed by atoms with Crippen LogP contribution in [0.25, 0.3) is 0 Å². The molecule has 0 unspecified atom stereocenters. The van der Waals surface area contributed by atoms with Crippen LogP contribution in [0.15, 0.2) is 16.1 Å². The van der Waals surface area contributed by atoms with E-state index in [9.17, 15) is 4.79 Å². The molecule has 0 spiro atoms. The van der Waals surface area contributed by atoms with Gasteiger partial charge in [-0.05, 0) is 19.4 Å².